The number of amides is 1. The van der Waals surface area contributed by atoms with Crippen molar-refractivity contribution in [2.45, 2.75) is 38.8 Å². The molecule has 20 heavy (non-hydrogen) atoms. The van der Waals surface area contributed by atoms with Gasteiger partial charge in [-0.3, -0.25) is 14.9 Å². The number of unbranched alkanes of at least 4 members (excludes halogenated alkanes) is 1. The maximum absolute atomic E-state index is 11.6. The molecule has 0 saturated heterocycles. The van der Waals surface area contributed by atoms with E-state index in [0.29, 0.717) is 13.1 Å². The third kappa shape index (κ3) is 6.33. The molecule has 1 aromatic rings. The molecule has 1 atom stereocenters. The fourth-order valence-electron chi connectivity index (χ4n) is 1.75. The molecule has 1 aromatic carbocycles. The van der Waals surface area contributed by atoms with Gasteiger partial charge >= 0.3 is 5.97 Å². The molecule has 0 spiro atoms. The first-order valence-electron chi connectivity index (χ1n) is 6.90. The zero-order chi connectivity index (χ0) is 14.8. The molecule has 0 bridgehead atoms. The van der Waals surface area contributed by atoms with E-state index in [9.17, 15) is 9.59 Å². The quantitative estimate of drug-likeness (QED) is 0.599. The second-order valence-electron chi connectivity index (χ2n) is 4.66. The number of nitrogens with one attached hydrogen (secondary N) is 2. The molecule has 0 aliphatic rings. The van der Waals surface area contributed by atoms with Crippen LogP contribution in [0.1, 0.15) is 31.7 Å². The number of aliphatic carboxylic acids is 1. The van der Waals surface area contributed by atoms with Crippen LogP contribution in [0.2, 0.25) is 0 Å². The molecule has 0 aromatic heterocycles. The van der Waals surface area contributed by atoms with Crippen molar-refractivity contribution in [1.29, 1.82) is 0 Å². The van der Waals surface area contributed by atoms with Crippen molar-refractivity contribution >= 4 is 11.9 Å². The minimum absolute atomic E-state index is 0.0497. The van der Waals surface area contributed by atoms with E-state index in [-0.39, 0.29) is 12.3 Å². The summed E-state index contributed by atoms with van der Waals surface area (Å²) in [5, 5.41) is 14.8. The molecule has 110 valence electrons. The van der Waals surface area contributed by atoms with E-state index >= 15 is 0 Å². The van der Waals surface area contributed by atoms with Crippen LogP contribution in [0.25, 0.3) is 0 Å². The molecule has 5 nitrogen and oxygen atoms in total. The van der Waals surface area contributed by atoms with Gasteiger partial charge in [0, 0.05) is 13.1 Å². The lowest BCUT2D eigenvalue weighted by Crippen LogP contribution is -2.41. The van der Waals surface area contributed by atoms with E-state index in [1.165, 1.54) is 0 Å². The average Bonchev–Trinajstić information content (AvgIpc) is 2.44. The van der Waals surface area contributed by atoms with Gasteiger partial charge in [-0.05, 0) is 12.0 Å². The van der Waals surface area contributed by atoms with E-state index < -0.39 is 12.0 Å². The summed E-state index contributed by atoms with van der Waals surface area (Å²) >= 11 is 0. The monoisotopic (exact) mass is 278 g/mol. The fourth-order valence-corrected chi connectivity index (χ4v) is 1.75. The fraction of sp³-hybridized carbons (Fsp3) is 0.467. The Morgan fingerprint density at radius 2 is 1.95 bits per heavy atom. The Morgan fingerprint density at radius 1 is 1.25 bits per heavy atom. The minimum atomic E-state index is -1.01. The molecular weight excluding hydrogens is 256 g/mol. The van der Waals surface area contributed by atoms with Gasteiger partial charge in [0.2, 0.25) is 5.91 Å². The topological polar surface area (TPSA) is 78.4 Å². The van der Waals surface area contributed by atoms with Crippen LogP contribution >= 0.6 is 0 Å². The molecular formula is C15H22N2O3. The summed E-state index contributed by atoms with van der Waals surface area (Å²) in [5.74, 6) is -1.24. The van der Waals surface area contributed by atoms with Gasteiger partial charge in [-0.15, -0.1) is 0 Å². The number of carboxylic acids is 1. The first kappa shape index (κ1) is 16.2. The zero-order valence-electron chi connectivity index (χ0n) is 11.8. The van der Waals surface area contributed by atoms with Gasteiger partial charge in [0.15, 0.2) is 0 Å². The van der Waals surface area contributed by atoms with Crippen LogP contribution in [0, 0.1) is 0 Å². The molecule has 0 aliphatic carbocycles. The summed E-state index contributed by atoms with van der Waals surface area (Å²) < 4.78 is 0. The first-order valence-corrected chi connectivity index (χ1v) is 6.90. The number of rotatable bonds is 9. The van der Waals surface area contributed by atoms with Crippen molar-refractivity contribution in [3.05, 3.63) is 35.9 Å². The highest BCUT2D eigenvalue weighted by Gasteiger charge is 2.20. The van der Waals surface area contributed by atoms with Crippen LogP contribution in [0.5, 0.6) is 0 Å². The van der Waals surface area contributed by atoms with E-state index in [0.717, 1.165) is 18.4 Å². The third-order valence-corrected chi connectivity index (χ3v) is 2.94. The molecule has 3 N–H and O–H groups in total. The minimum Gasteiger partial charge on any atom is -0.480 e. The van der Waals surface area contributed by atoms with Crippen LogP contribution in [0.15, 0.2) is 30.3 Å². The molecule has 0 radical (unpaired) electrons. The predicted octanol–water partition coefficient (Wildman–Crippen LogP) is 1.54. The molecule has 0 heterocycles. The van der Waals surface area contributed by atoms with Crippen LogP contribution in [-0.4, -0.2) is 29.6 Å². The maximum Gasteiger partial charge on any atom is 0.321 e. The summed E-state index contributed by atoms with van der Waals surface area (Å²) in [4.78, 5) is 22.8. The van der Waals surface area contributed by atoms with Crippen LogP contribution in [-0.2, 0) is 16.1 Å². The van der Waals surface area contributed by atoms with E-state index in [1.807, 2.05) is 37.3 Å². The molecule has 0 fully saturated rings. The number of hydrogen-bond donors (Lipinski definition) is 3. The van der Waals surface area contributed by atoms with Gasteiger partial charge in [0.25, 0.3) is 0 Å². The lowest BCUT2D eigenvalue weighted by atomic mass is 10.1. The average molecular weight is 278 g/mol. The Balaban J connectivity index is 2.40. The highest BCUT2D eigenvalue weighted by Crippen LogP contribution is 2.00. The Labute approximate surface area is 119 Å². The second kappa shape index (κ2) is 9.09. The Bertz CT molecular complexity index is 420. The summed E-state index contributed by atoms with van der Waals surface area (Å²) in [6.45, 7) is 3.06. The smallest absolute Gasteiger partial charge is 0.321 e. The lowest BCUT2D eigenvalue weighted by Gasteiger charge is -2.14. The van der Waals surface area contributed by atoms with Gasteiger partial charge in [-0.1, -0.05) is 43.7 Å². The summed E-state index contributed by atoms with van der Waals surface area (Å²) in [6.07, 6.45) is 1.85. The third-order valence-electron chi connectivity index (χ3n) is 2.94. The van der Waals surface area contributed by atoms with Crippen molar-refractivity contribution in [2.24, 2.45) is 0 Å². The Morgan fingerprint density at radius 3 is 2.55 bits per heavy atom. The first-order chi connectivity index (χ1) is 9.63. The van der Waals surface area contributed by atoms with Crippen molar-refractivity contribution in [3.63, 3.8) is 0 Å². The van der Waals surface area contributed by atoms with Crippen LogP contribution < -0.4 is 10.6 Å². The number of carbonyl (C=O) groups excluding carboxylic acids is 1. The van der Waals surface area contributed by atoms with Crippen molar-refractivity contribution in [3.8, 4) is 0 Å². The second-order valence-corrected chi connectivity index (χ2v) is 4.66. The van der Waals surface area contributed by atoms with Crippen molar-refractivity contribution in [2.75, 3.05) is 6.54 Å². The van der Waals surface area contributed by atoms with Crippen molar-refractivity contribution in [1.82, 2.24) is 10.6 Å². The number of benzene rings is 1. The van der Waals surface area contributed by atoms with Gasteiger partial charge < -0.3 is 10.4 Å². The molecule has 1 amide bonds. The largest absolute Gasteiger partial charge is 0.480 e. The number of carboxylic acid groups (broad SMARTS) is 1. The summed E-state index contributed by atoms with van der Waals surface area (Å²) in [7, 11) is 0. The van der Waals surface area contributed by atoms with E-state index in [4.69, 9.17) is 5.11 Å². The van der Waals surface area contributed by atoms with E-state index in [2.05, 4.69) is 10.6 Å². The molecule has 0 unspecified atom stereocenters. The predicted molar refractivity (Wildman–Crippen MR) is 77.2 cm³/mol. The van der Waals surface area contributed by atoms with Gasteiger partial charge in [0.1, 0.15) is 6.04 Å². The summed E-state index contributed by atoms with van der Waals surface area (Å²) in [6, 6.07) is 8.64. The molecule has 5 heteroatoms. The highest BCUT2D eigenvalue weighted by molar-refractivity contribution is 5.84. The lowest BCUT2D eigenvalue weighted by molar-refractivity contribution is -0.141. The number of carbonyl (C=O) groups is 2. The SMILES string of the molecule is CCCCNC(=O)C[C@@H](NCc1ccccc1)C(=O)O. The van der Waals surface area contributed by atoms with Gasteiger partial charge in [0.05, 0.1) is 6.42 Å². The van der Waals surface area contributed by atoms with Gasteiger partial charge in [-0.2, -0.15) is 0 Å². The van der Waals surface area contributed by atoms with E-state index in [1.54, 1.807) is 0 Å². The summed E-state index contributed by atoms with van der Waals surface area (Å²) in [5.41, 5.74) is 0.991. The normalized spacial score (nSPS) is 11.8. The van der Waals surface area contributed by atoms with Crippen LogP contribution in [0.4, 0.5) is 0 Å². The highest BCUT2D eigenvalue weighted by atomic mass is 16.4. The Hall–Kier alpha value is -1.88. The molecule has 0 aliphatic heterocycles. The maximum atomic E-state index is 11.6. The molecule has 1 rings (SSSR count). The Kier molecular flexibility index (Phi) is 7.35. The molecule has 0 saturated carbocycles. The van der Waals surface area contributed by atoms with Gasteiger partial charge in [-0.25, -0.2) is 0 Å². The standard InChI is InChI=1S/C15H22N2O3/c1-2-3-9-16-14(18)10-13(15(19)20)17-11-12-7-5-4-6-8-12/h4-8,13,17H,2-3,9-11H2,1H3,(H,16,18)(H,19,20)/t13-/m1/s1. The van der Waals surface area contributed by atoms with Crippen molar-refractivity contribution < 1.29 is 14.7 Å². The zero-order valence-corrected chi connectivity index (χ0v) is 11.8. The number of hydrogen-bond acceptors (Lipinski definition) is 3. The van der Waals surface area contributed by atoms with Crippen LogP contribution in [0.3, 0.4) is 0 Å².